The van der Waals surface area contributed by atoms with Crippen LogP contribution in [0.15, 0.2) is 66.6 Å². The standard InChI is InChI=1S/C14H21N3O.C13H18N2O.C12H19NS.C11H19NO.C8H15NO2.C7H13NO2.C6H14N2O2S.7CH4/c1-12-4-8-17(9-5-12)11-14(18)16-10-13-2-6-15-7-3-13;1-11-4-8-15(9-5-11)13(16)10-12-2-6-14-7-3-12;1-11-4-7-13(8-5-11)9-6-12-3-2-10-14-12;1-9-5-7-12(8-6-9)10-3-2-4-11(10)13;1-7-2-4-9(5-3-7)6-8(10)11;1-5-2-3-8-6(4-5)7(9)10;1-6-2-4-8(5-3-6)11(7,9)10;;;;;;;/h2-3,6-7,12H,4-5,8-11H2,1H3,(H,16,18);2-3,6-7,11H,4-5,8-10H2,1H3;2-3,10-11H,4-9H2,1H3;9-10H,2-8H2,1H3;7H,2-6H2,1H3,(H,10,11);5-6,8H,2-4H2,1H3,(H,9,10);6H,2-5H2,1H3,(H2,7,9,10);7*1H4. The van der Waals surface area contributed by atoms with E-state index in [0.29, 0.717) is 56.3 Å². The second kappa shape index (κ2) is 54.8. The molecule has 7 saturated heterocycles. The summed E-state index contributed by atoms with van der Waals surface area (Å²) in [5, 5.41) is 30.1. The minimum atomic E-state index is -3.42. The molecule has 1 aliphatic carbocycles. The van der Waals surface area contributed by atoms with Crippen LogP contribution < -0.4 is 15.8 Å². The summed E-state index contributed by atoms with van der Waals surface area (Å²) in [6.07, 6.45) is 27.8. The van der Waals surface area contributed by atoms with Gasteiger partial charge in [-0.05, 0) is 256 Å². The number of aliphatic carboxylic acids is 2. The number of carbonyl (C=O) groups excluding carboxylic acids is 3. The van der Waals surface area contributed by atoms with Crippen LogP contribution >= 0.6 is 11.3 Å². The molecule has 0 bridgehead atoms. The van der Waals surface area contributed by atoms with E-state index in [1.54, 1.807) is 24.8 Å². The van der Waals surface area contributed by atoms with Crippen molar-refractivity contribution in [1.82, 2.24) is 49.4 Å². The van der Waals surface area contributed by atoms with Gasteiger partial charge in [-0.25, -0.2) is 5.14 Å². The number of Topliss-reactive ketones (excluding diaryl/α,β-unsaturated/α-hetero) is 1. The molecule has 6 N–H and O–H groups in total. The van der Waals surface area contributed by atoms with E-state index < -0.39 is 22.1 Å². The molecule has 8 fully saturated rings. The monoisotopic (exact) mass is 1450 g/mol. The maximum atomic E-state index is 12.0. The van der Waals surface area contributed by atoms with Crippen LogP contribution in [0.3, 0.4) is 0 Å². The van der Waals surface area contributed by atoms with Crippen LogP contribution in [0.4, 0.5) is 0 Å². The normalized spacial score (nSPS) is 21.4. The van der Waals surface area contributed by atoms with Gasteiger partial charge in [-0.2, -0.15) is 12.7 Å². The van der Waals surface area contributed by atoms with Crippen LogP contribution in [-0.4, -0.2) is 204 Å². The molecule has 2 amide bonds. The molecule has 22 heteroatoms. The third kappa shape index (κ3) is 41.5. The molecule has 10 heterocycles. The summed E-state index contributed by atoms with van der Waals surface area (Å²) in [6, 6.07) is 12.0. The Kier molecular flexibility index (Phi) is 54.5. The van der Waals surface area contributed by atoms with Gasteiger partial charge >= 0.3 is 11.9 Å². The second-order valence-electron chi connectivity index (χ2n) is 28.1. The lowest BCUT2D eigenvalue weighted by Gasteiger charge is -2.33. The Balaban J connectivity index is -0.00000109. The summed E-state index contributed by atoms with van der Waals surface area (Å²) >= 11 is 1.89. The van der Waals surface area contributed by atoms with Crippen molar-refractivity contribution >= 4 is 51.1 Å². The second-order valence-corrected chi connectivity index (χ2v) is 30.7. The number of amides is 2. The predicted molar refractivity (Wildman–Crippen MR) is 420 cm³/mol. The maximum Gasteiger partial charge on any atom is 0.320 e. The number of thiophene rings is 1. The highest BCUT2D eigenvalue weighted by Crippen LogP contribution is 2.26. The molecule has 100 heavy (non-hydrogen) atoms. The molecule has 7 aliphatic heterocycles. The fraction of sp³-hybridized carbons (Fsp3) is 0.756. The molecule has 8 aliphatic rings. The molecule has 0 spiro atoms. The Hall–Kier alpha value is -4.78. The number of nitrogens with one attached hydrogen (secondary N) is 2. The largest absolute Gasteiger partial charge is 0.480 e. The molecule has 0 radical (unpaired) electrons. The smallest absolute Gasteiger partial charge is 0.320 e. The van der Waals surface area contributed by atoms with Crippen molar-refractivity contribution in [1.29, 1.82) is 0 Å². The molecular formula is C78H147N11O9S2. The van der Waals surface area contributed by atoms with E-state index in [9.17, 15) is 32.4 Å². The first-order valence-electron chi connectivity index (χ1n) is 35.2. The predicted octanol–water partition coefficient (Wildman–Crippen LogP) is 13.8. The minimum absolute atomic E-state index is 0. The number of carbonyl (C=O) groups is 5. The molecule has 3 unspecified atom stereocenters. The van der Waals surface area contributed by atoms with E-state index in [1.165, 1.54) is 73.8 Å². The van der Waals surface area contributed by atoms with Gasteiger partial charge in [0, 0.05) is 75.4 Å². The molecule has 11 rings (SSSR count). The lowest BCUT2D eigenvalue weighted by atomic mass is 9.94. The Morgan fingerprint density at radius 2 is 1.01 bits per heavy atom. The first-order valence-corrected chi connectivity index (χ1v) is 37.6. The number of ketones is 1. The van der Waals surface area contributed by atoms with Crippen molar-refractivity contribution in [2.45, 2.75) is 241 Å². The van der Waals surface area contributed by atoms with Crippen LogP contribution in [0.1, 0.15) is 226 Å². The SMILES string of the molecule is C.C.C.C.C.C.C.CC1CCN(C(=O)Cc2ccncc2)CC1.CC1CCN(C2CCCC2=O)CC1.CC1CCN(CC(=O)NCc2ccncc2)CC1.CC1CCN(CC(=O)O)CC1.CC1CCN(CCc2cccs2)CC1.CC1CCN(S(N)(=O)=O)CC1.CC1CCNC(C(=O)O)C1. The maximum absolute atomic E-state index is 12.0. The van der Waals surface area contributed by atoms with Crippen molar-refractivity contribution < 1.29 is 42.6 Å². The number of carboxylic acids is 2. The third-order valence-electron chi connectivity index (χ3n) is 19.7. The zero-order valence-corrected chi connectivity index (χ0v) is 59.4. The van der Waals surface area contributed by atoms with Gasteiger partial charge < -0.3 is 30.6 Å². The first kappa shape index (κ1) is 99.4. The average Bonchev–Trinajstić information content (AvgIpc) is 1.58. The van der Waals surface area contributed by atoms with Crippen LogP contribution in [0.5, 0.6) is 0 Å². The van der Waals surface area contributed by atoms with E-state index in [0.717, 1.165) is 170 Å². The topological polar surface area (TPSA) is 255 Å². The van der Waals surface area contributed by atoms with Crippen molar-refractivity contribution in [2.24, 2.45) is 46.6 Å². The number of hydrogen-bond donors (Lipinski definition) is 5. The number of carboxylic acid groups (broad SMARTS) is 2. The van der Waals surface area contributed by atoms with Gasteiger partial charge in [0.1, 0.15) is 11.8 Å². The Labute approximate surface area is 614 Å². The Morgan fingerprint density at radius 1 is 0.570 bits per heavy atom. The Bertz CT molecular complexity index is 2650. The number of pyridine rings is 2. The molecule has 3 aromatic rings. The van der Waals surface area contributed by atoms with Crippen molar-refractivity contribution in [3.05, 3.63) is 82.6 Å². The number of piperidine rings is 7. The van der Waals surface area contributed by atoms with Gasteiger partial charge in [0.25, 0.3) is 10.2 Å². The number of nitrogens with zero attached hydrogens (tertiary/aromatic N) is 8. The Morgan fingerprint density at radius 3 is 1.42 bits per heavy atom. The van der Waals surface area contributed by atoms with Gasteiger partial charge in [-0.15, -0.1) is 11.3 Å². The van der Waals surface area contributed by atoms with E-state index in [4.69, 9.17) is 15.4 Å². The fourth-order valence-electron chi connectivity index (χ4n) is 12.7. The minimum Gasteiger partial charge on any atom is -0.480 e. The lowest BCUT2D eigenvalue weighted by Crippen LogP contribution is -2.43. The summed E-state index contributed by atoms with van der Waals surface area (Å²) in [7, 11) is -3.42. The number of rotatable bonds is 14. The molecule has 3 aromatic heterocycles. The highest BCUT2D eigenvalue weighted by atomic mass is 32.2. The van der Waals surface area contributed by atoms with Crippen molar-refractivity contribution in [2.75, 3.05) is 105 Å². The molecule has 0 aromatic carbocycles. The highest BCUT2D eigenvalue weighted by molar-refractivity contribution is 7.86. The zero-order valence-electron chi connectivity index (χ0n) is 57.7. The molecule has 1 saturated carbocycles. The van der Waals surface area contributed by atoms with Crippen LogP contribution in [0.25, 0.3) is 0 Å². The van der Waals surface area contributed by atoms with Gasteiger partial charge in [-0.1, -0.05) is 107 Å². The van der Waals surface area contributed by atoms with Crippen LogP contribution in [0.2, 0.25) is 0 Å². The third-order valence-corrected chi connectivity index (χ3v) is 21.7. The summed E-state index contributed by atoms with van der Waals surface area (Å²) in [4.78, 5) is 76.7. The quantitative estimate of drug-likeness (QED) is 0.101. The van der Waals surface area contributed by atoms with Gasteiger partial charge in [0.15, 0.2) is 0 Å². The fourth-order valence-corrected chi connectivity index (χ4v) is 14.1. The summed E-state index contributed by atoms with van der Waals surface area (Å²) < 4.78 is 22.9. The molecular weight excluding hydrogens is 1300 g/mol. The van der Waals surface area contributed by atoms with E-state index >= 15 is 0 Å². The van der Waals surface area contributed by atoms with E-state index in [2.05, 4.69) is 101 Å². The summed E-state index contributed by atoms with van der Waals surface area (Å²) in [5.41, 5.74) is 2.14. The summed E-state index contributed by atoms with van der Waals surface area (Å²) in [6.45, 7) is 31.0. The van der Waals surface area contributed by atoms with E-state index in [1.807, 2.05) is 45.4 Å². The zero-order chi connectivity index (χ0) is 67.5. The van der Waals surface area contributed by atoms with E-state index in [-0.39, 0.29) is 76.4 Å². The van der Waals surface area contributed by atoms with Crippen molar-refractivity contribution in [3.8, 4) is 0 Å². The summed E-state index contributed by atoms with van der Waals surface area (Å²) in [5.74, 6) is 4.79. The number of nitrogens with two attached hydrogens (primary N) is 1. The number of aromatic nitrogens is 2. The first-order chi connectivity index (χ1) is 44.5. The average molecular weight is 1450 g/mol. The lowest BCUT2D eigenvalue weighted by molar-refractivity contribution is -0.140. The number of hydrogen-bond acceptors (Lipinski definition) is 15. The van der Waals surface area contributed by atoms with Gasteiger partial charge in [0.2, 0.25) is 11.8 Å². The highest BCUT2D eigenvalue weighted by Gasteiger charge is 2.32. The van der Waals surface area contributed by atoms with Crippen LogP contribution in [-0.2, 0) is 53.6 Å². The van der Waals surface area contributed by atoms with Gasteiger partial charge in [-0.3, -0.25) is 48.6 Å². The van der Waals surface area contributed by atoms with Crippen molar-refractivity contribution in [3.63, 3.8) is 0 Å². The van der Waals surface area contributed by atoms with Crippen LogP contribution in [0, 0.1) is 41.4 Å². The molecule has 580 valence electrons. The van der Waals surface area contributed by atoms with Gasteiger partial charge in [0.05, 0.1) is 25.6 Å². The molecule has 3 atom stereocenters. The molecule has 20 nitrogen and oxygen atoms in total. The number of likely N-dealkylation sites (tertiary alicyclic amines) is 5.